The summed E-state index contributed by atoms with van der Waals surface area (Å²) in [7, 11) is 0. The van der Waals surface area contributed by atoms with Gasteiger partial charge in [-0.15, -0.1) is 0 Å². The topological polar surface area (TPSA) is 29.1 Å². The normalized spacial score (nSPS) is 11.7. The fourth-order valence-electron chi connectivity index (χ4n) is 1.73. The molecular formula is C16H10BrClF3NO. The molecule has 1 N–H and O–H groups in total. The largest absolute Gasteiger partial charge is 0.416 e. The fraction of sp³-hybridized carbons (Fsp3) is 0.0625. The molecule has 2 nitrogen and oxygen atoms in total. The third-order valence-electron chi connectivity index (χ3n) is 2.90. The lowest BCUT2D eigenvalue weighted by molar-refractivity contribution is -0.137. The zero-order valence-electron chi connectivity index (χ0n) is 11.5. The number of carbonyl (C=O) groups excluding carboxylic acids is 1. The second-order valence-electron chi connectivity index (χ2n) is 4.54. The first-order valence-corrected chi connectivity index (χ1v) is 7.54. The van der Waals surface area contributed by atoms with Crippen LogP contribution in [-0.4, -0.2) is 5.78 Å². The van der Waals surface area contributed by atoms with E-state index >= 15 is 0 Å². The number of benzene rings is 2. The van der Waals surface area contributed by atoms with Crippen LogP contribution in [0.25, 0.3) is 0 Å². The van der Waals surface area contributed by atoms with E-state index < -0.39 is 11.7 Å². The SMILES string of the molecule is O=C(C=CNc1cc(C(F)(F)F)ccc1Cl)c1ccc(Br)cc1. The quantitative estimate of drug-likeness (QED) is 0.505. The van der Waals surface area contributed by atoms with Crippen LogP contribution in [0.1, 0.15) is 15.9 Å². The van der Waals surface area contributed by atoms with Crippen LogP contribution in [0.15, 0.2) is 59.2 Å². The molecule has 120 valence electrons. The Kier molecular flexibility index (Phi) is 5.49. The highest BCUT2D eigenvalue weighted by molar-refractivity contribution is 9.10. The molecule has 2 aromatic rings. The highest BCUT2D eigenvalue weighted by atomic mass is 79.9. The van der Waals surface area contributed by atoms with Gasteiger partial charge < -0.3 is 5.32 Å². The Labute approximate surface area is 144 Å². The average molecular weight is 405 g/mol. The van der Waals surface area contributed by atoms with Crippen molar-refractivity contribution in [2.75, 3.05) is 5.32 Å². The molecule has 0 fully saturated rings. The summed E-state index contributed by atoms with van der Waals surface area (Å²) in [6, 6.07) is 9.64. The highest BCUT2D eigenvalue weighted by Gasteiger charge is 2.30. The van der Waals surface area contributed by atoms with Gasteiger partial charge >= 0.3 is 6.18 Å². The summed E-state index contributed by atoms with van der Waals surface area (Å²) < 4.78 is 38.8. The maximum atomic E-state index is 12.7. The van der Waals surface area contributed by atoms with Crippen molar-refractivity contribution >= 4 is 39.0 Å². The van der Waals surface area contributed by atoms with Gasteiger partial charge in [0.2, 0.25) is 0 Å². The summed E-state index contributed by atoms with van der Waals surface area (Å²) in [5.74, 6) is -0.284. The first-order chi connectivity index (χ1) is 10.8. The molecule has 0 bridgehead atoms. The molecule has 2 rings (SSSR count). The van der Waals surface area contributed by atoms with Crippen molar-refractivity contribution in [3.05, 3.63) is 75.4 Å². The maximum Gasteiger partial charge on any atom is 0.416 e. The number of halogens is 5. The number of ketones is 1. The first-order valence-electron chi connectivity index (χ1n) is 6.37. The summed E-state index contributed by atoms with van der Waals surface area (Å²) in [4.78, 5) is 11.9. The molecule has 0 saturated heterocycles. The molecule has 0 saturated carbocycles. The molecule has 0 heterocycles. The van der Waals surface area contributed by atoms with Crippen LogP contribution in [0.5, 0.6) is 0 Å². The first kappa shape index (κ1) is 17.6. The van der Waals surface area contributed by atoms with E-state index in [1.165, 1.54) is 12.3 Å². The predicted octanol–water partition coefficient (Wildman–Crippen LogP) is 5.93. The summed E-state index contributed by atoms with van der Waals surface area (Å²) in [6.07, 6.45) is -1.98. The number of hydrogen-bond donors (Lipinski definition) is 1. The zero-order valence-corrected chi connectivity index (χ0v) is 13.8. The van der Waals surface area contributed by atoms with Crippen LogP contribution in [0.2, 0.25) is 5.02 Å². The third kappa shape index (κ3) is 4.84. The van der Waals surface area contributed by atoms with E-state index in [0.717, 1.165) is 22.7 Å². The van der Waals surface area contributed by atoms with Gasteiger partial charge in [0.15, 0.2) is 5.78 Å². The highest BCUT2D eigenvalue weighted by Crippen LogP contribution is 2.33. The number of carbonyl (C=O) groups is 1. The number of anilines is 1. The van der Waals surface area contributed by atoms with E-state index in [1.54, 1.807) is 24.3 Å². The number of alkyl halides is 3. The molecule has 0 radical (unpaired) electrons. The minimum absolute atomic E-state index is 0.0707. The van der Waals surface area contributed by atoms with E-state index in [-0.39, 0.29) is 16.5 Å². The van der Waals surface area contributed by atoms with Crippen molar-refractivity contribution in [2.24, 2.45) is 0 Å². The number of nitrogens with one attached hydrogen (secondary N) is 1. The van der Waals surface area contributed by atoms with Gasteiger partial charge in [0.05, 0.1) is 16.3 Å². The Bertz CT molecular complexity index is 742. The third-order valence-corrected chi connectivity index (χ3v) is 3.75. The van der Waals surface area contributed by atoms with Gasteiger partial charge in [-0.1, -0.05) is 27.5 Å². The Morgan fingerprint density at radius 2 is 1.78 bits per heavy atom. The van der Waals surface area contributed by atoms with Crippen molar-refractivity contribution in [1.29, 1.82) is 0 Å². The van der Waals surface area contributed by atoms with Crippen LogP contribution < -0.4 is 5.32 Å². The van der Waals surface area contributed by atoms with E-state index in [2.05, 4.69) is 21.2 Å². The molecular weight excluding hydrogens is 395 g/mol. The molecule has 0 aromatic heterocycles. The lowest BCUT2D eigenvalue weighted by Gasteiger charge is -2.10. The van der Waals surface area contributed by atoms with Crippen molar-refractivity contribution < 1.29 is 18.0 Å². The summed E-state index contributed by atoms with van der Waals surface area (Å²) >= 11 is 9.10. The Hall–Kier alpha value is -1.79. The van der Waals surface area contributed by atoms with Gasteiger partial charge in [0.25, 0.3) is 0 Å². The van der Waals surface area contributed by atoms with Crippen LogP contribution in [0.4, 0.5) is 18.9 Å². The molecule has 7 heteroatoms. The summed E-state index contributed by atoms with van der Waals surface area (Å²) in [5.41, 5.74) is -0.292. The van der Waals surface area contributed by atoms with E-state index in [9.17, 15) is 18.0 Å². The van der Waals surface area contributed by atoms with Gasteiger partial charge in [-0.05, 0) is 42.5 Å². The Morgan fingerprint density at radius 3 is 2.39 bits per heavy atom. The maximum absolute atomic E-state index is 12.7. The number of rotatable bonds is 4. The van der Waals surface area contributed by atoms with Crippen molar-refractivity contribution in [2.45, 2.75) is 6.18 Å². The average Bonchev–Trinajstić information content (AvgIpc) is 2.48. The molecule has 2 aromatic carbocycles. The predicted molar refractivity (Wildman–Crippen MR) is 87.7 cm³/mol. The standard InChI is InChI=1S/C16H10BrClF3NO/c17-12-4-1-10(2-5-12)15(23)7-8-22-14-9-11(16(19,20)21)3-6-13(14)18/h1-9,22H. The number of allylic oxidation sites excluding steroid dienone is 1. The lowest BCUT2D eigenvalue weighted by Crippen LogP contribution is -2.05. The molecule has 0 aliphatic carbocycles. The fourth-order valence-corrected chi connectivity index (χ4v) is 2.17. The van der Waals surface area contributed by atoms with Crippen LogP contribution in [0.3, 0.4) is 0 Å². The van der Waals surface area contributed by atoms with Crippen LogP contribution >= 0.6 is 27.5 Å². The number of hydrogen-bond acceptors (Lipinski definition) is 2. The monoisotopic (exact) mass is 403 g/mol. The van der Waals surface area contributed by atoms with Crippen molar-refractivity contribution in [3.63, 3.8) is 0 Å². The van der Waals surface area contributed by atoms with E-state index in [0.29, 0.717) is 5.56 Å². The lowest BCUT2D eigenvalue weighted by atomic mass is 10.1. The van der Waals surface area contributed by atoms with Gasteiger partial charge in [-0.25, -0.2) is 0 Å². The summed E-state index contributed by atoms with van der Waals surface area (Å²) in [6.45, 7) is 0. The van der Waals surface area contributed by atoms with Gasteiger partial charge in [0.1, 0.15) is 0 Å². The molecule has 0 spiro atoms. The van der Waals surface area contributed by atoms with Gasteiger partial charge in [-0.2, -0.15) is 13.2 Å². The molecule has 23 heavy (non-hydrogen) atoms. The minimum atomic E-state index is -4.46. The zero-order chi connectivity index (χ0) is 17.0. The summed E-state index contributed by atoms with van der Waals surface area (Å²) in [5, 5.41) is 2.72. The molecule has 0 amide bonds. The molecule has 0 unspecified atom stereocenters. The van der Waals surface area contributed by atoms with Crippen molar-refractivity contribution in [1.82, 2.24) is 0 Å². The molecule has 0 aliphatic rings. The Morgan fingerprint density at radius 1 is 1.13 bits per heavy atom. The van der Waals surface area contributed by atoms with E-state index in [4.69, 9.17) is 11.6 Å². The smallest absolute Gasteiger partial charge is 0.360 e. The van der Waals surface area contributed by atoms with Gasteiger partial charge in [0, 0.05) is 22.3 Å². The molecule has 0 aliphatic heterocycles. The molecule has 0 atom stereocenters. The van der Waals surface area contributed by atoms with Crippen molar-refractivity contribution in [3.8, 4) is 0 Å². The Balaban J connectivity index is 2.11. The second-order valence-corrected chi connectivity index (χ2v) is 5.86. The second kappa shape index (κ2) is 7.19. The minimum Gasteiger partial charge on any atom is -0.360 e. The van der Waals surface area contributed by atoms with Crippen LogP contribution in [0, 0.1) is 0 Å². The van der Waals surface area contributed by atoms with Crippen LogP contribution in [-0.2, 0) is 6.18 Å². The van der Waals surface area contributed by atoms with Gasteiger partial charge in [-0.3, -0.25) is 4.79 Å². The van der Waals surface area contributed by atoms with E-state index in [1.807, 2.05) is 0 Å².